The van der Waals surface area contributed by atoms with Crippen molar-refractivity contribution in [2.45, 2.75) is 0 Å². The number of carbonyl (C=O) groups is 1. The Morgan fingerprint density at radius 1 is 0.889 bits per heavy atom. The molecule has 94 valence electrons. The lowest BCUT2D eigenvalue weighted by atomic mass is 10.2. The maximum atomic E-state index is 10.8. The van der Waals surface area contributed by atoms with E-state index in [-0.39, 0.29) is 17.4 Å². The molecule has 2 rings (SSSR count). The number of para-hydroxylation sites is 2. The van der Waals surface area contributed by atoms with Crippen molar-refractivity contribution in [3.8, 4) is 11.5 Å². The SMILES string of the molecule is NNC(=O)c1ccccc1.Oc1ccccc1O. The van der Waals surface area contributed by atoms with E-state index < -0.39 is 0 Å². The minimum atomic E-state index is -0.263. The van der Waals surface area contributed by atoms with E-state index in [1.54, 1.807) is 36.4 Å². The maximum absolute atomic E-state index is 10.8. The second-order valence-electron chi connectivity index (χ2n) is 3.33. The Hall–Kier alpha value is -2.53. The summed E-state index contributed by atoms with van der Waals surface area (Å²) >= 11 is 0. The van der Waals surface area contributed by atoms with E-state index in [1.165, 1.54) is 12.1 Å². The first-order valence-electron chi connectivity index (χ1n) is 5.18. The molecule has 0 atom stereocenters. The van der Waals surface area contributed by atoms with Gasteiger partial charge in [-0.05, 0) is 24.3 Å². The monoisotopic (exact) mass is 246 g/mol. The lowest BCUT2D eigenvalue weighted by molar-refractivity contribution is 0.0953. The minimum absolute atomic E-state index is 0.0764. The summed E-state index contributed by atoms with van der Waals surface area (Å²) < 4.78 is 0. The topological polar surface area (TPSA) is 95.6 Å². The number of hydrazine groups is 1. The van der Waals surface area contributed by atoms with Crippen molar-refractivity contribution < 1.29 is 15.0 Å². The number of aromatic hydroxyl groups is 2. The van der Waals surface area contributed by atoms with Gasteiger partial charge in [0.2, 0.25) is 0 Å². The number of benzene rings is 2. The summed E-state index contributed by atoms with van der Waals surface area (Å²) in [5.74, 6) is 4.49. The molecule has 0 aromatic heterocycles. The van der Waals surface area contributed by atoms with Gasteiger partial charge in [-0.1, -0.05) is 30.3 Å². The molecule has 0 saturated carbocycles. The van der Waals surface area contributed by atoms with Crippen LogP contribution in [0.2, 0.25) is 0 Å². The Balaban J connectivity index is 0.000000184. The van der Waals surface area contributed by atoms with Crippen LogP contribution in [-0.2, 0) is 0 Å². The number of phenols is 2. The largest absolute Gasteiger partial charge is 0.504 e. The zero-order valence-corrected chi connectivity index (χ0v) is 9.58. The summed E-state index contributed by atoms with van der Waals surface area (Å²) in [6, 6.07) is 14.9. The van der Waals surface area contributed by atoms with Crippen LogP contribution in [0, 0.1) is 0 Å². The van der Waals surface area contributed by atoms with Gasteiger partial charge >= 0.3 is 0 Å². The Morgan fingerprint density at radius 3 is 1.72 bits per heavy atom. The van der Waals surface area contributed by atoms with Gasteiger partial charge in [0, 0.05) is 5.56 Å². The van der Waals surface area contributed by atoms with Crippen LogP contribution in [0.3, 0.4) is 0 Å². The lowest BCUT2D eigenvalue weighted by Gasteiger charge is -1.95. The molecule has 5 nitrogen and oxygen atoms in total. The molecule has 0 unspecified atom stereocenters. The Labute approximate surface area is 104 Å². The van der Waals surface area contributed by atoms with Gasteiger partial charge in [0.1, 0.15) is 0 Å². The fourth-order valence-corrected chi connectivity index (χ4v) is 1.14. The van der Waals surface area contributed by atoms with E-state index in [2.05, 4.69) is 0 Å². The predicted molar refractivity (Wildman–Crippen MR) is 67.9 cm³/mol. The van der Waals surface area contributed by atoms with Gasteiger partial charge in [-0.15, -0.1) is 0 Å². The zero-order valence-electron chi connectivity index (χ0n) is 9.58. The van der Waals surface area contributed by atoms with Crippen molar-refractivity contribution in [3.63, 3.8) is 0 Å². The fourth-order valence-electron chi connectivity index (χ4n) is 1.14. The van der Waals surface area contributed by atoms with Crippen LogP contribution in [-0.4, -0.2) is 16.1 Å². The third-order valence-electron chi connectivity index (χ3n) is 2.05. The van der Waals surface area contributed by atoms with Crippen molar-refractivity contribution in [3.05, 3.63) is 60.2 Å². The first-order valence-corrected chi connectivity index (χ1v) is 5.18. The van der Waals surface area contributed by atoms with Crippen molar-refractivity contribution in [1.82, 2.24) is 5.43 Å². The molecule has 2 aromatic rings. The molecule has 0 spiro atoms. The summed E-state index contributed by atoms with van der Waals surface area (Å²) in [6.07, 6.45) is 0. The van der Waals surface area contributed by atoms with Crippen LogP contribution >= 0.6 is 0 Å². The molecule has 0 heterocycles. The van der Waals surface area contributed by atoms with Crippen molar-refractivity contribution in [2.24, 2.45) is 5.84 Å². The van der Waals surface area contributed by atoms with Crippen LogP contribution < -0.4 is 11.3 Å². The first kappa shape index (κ1) is 13.5. The van der Waals surface area contributed by atoms with Gasteiger partial charge in [-0.2, -0.15) is 0 Å². The second kappa shape index (κ2) is 6.93. The predicted octanol–water partition coefficient (Wildman–Crippen LogP) is 1.39. The summed E-state index contributed by atoms with van der Waals surface area (Å²) in [5, 5.41) is 17.3. The highest BCUT2D eigenvalue weighted by molar-refractivity contribution is 5.93. The molecule has 0 aliphatic carbocycles. The average molecular weight is 246 g/mol. The smallest absolute Gasteiger partial charge is 0.265 e. The number of hydrogen-bond donors (Lipinski definition) is 4. The number of nitrogens with one attached hydrogen (secondary N) is 1. The highest BCUT2D eigenvalue weighted by Crippen LogP contribution is 2.21. The summed E-state index contributed by atoms with van der Waals surface area (Å²) in [5.41, 5.74) is 2.62. The molecule has 0 bridgehead atoms. The fraction of sp³-hybridized carbons (Fsp3) is 0. The van der Waals surface area contributed by atoms with E-state index in [9.17, 15) is 4.79 Å². The zero-order chi connectivity index (χ0) is 13.4. The van der Waals surface area contributed by atoms with E-state index in [0.29, 0.717) is 5.56 Å². The van der Waals surface area contributed by atoms with Crippen molar-refractivity contribution in [2.75, 3.05) is 0 Å². The third kappa shape index (κ3) is 4.15. The van der Waals surface area contributed by atoms with Crippen LogP contribution in [0.25, 0.3) is 0 Å². The summed E-state index contributed by atoms with van der Waals surface area (Å²) in [7, 11) is 0. The average Bonchev–Trinajstić information content (AvgIpc) is 2.43. The third-order valence-corrected chi connectivity index (χ3v) is 2.05. The number of phenolic OH excluding ortho intramolecular Hbond substituents is 2. The van der Waals surface area contributed by atoms with E-state index in [0.717, 1.165) is 0 Å². The van der Waals surface area contributed by atoms with E-state index in [4.69, 9.17) is 16.1 Å². The number of nitrogen functional groups attached to an aromatic ring is 1. The maximum Gasteiger partial charge on any atom is 0.265 e. The van der Waals surface area contributed by atoms with Crippen LogP contribution in [0.1, 0.15) is 10.4 Å². The number of nitrogens with two attached hydrogens (primary N) is 1. The molecule has 0 saturated heterocycles. The van der Waals surface area contributed by atoms with Crippen molar-refractivity contribution in [1.29, 1.82) is 0 Å². The van der Waals surface area contributed by atoms with Gasteiger partial charge in [0.15, 0.2) is 11.5 Å². The van der Waals surface area contributed by atoms with Crippen LogP contribution in [0.5, 0.6) is 11.5 Å². The number of carbonyl (C=O) groups excluding carboxylic acids is 1. The highest BCUT2D eigenvalue weighted by Gasteiger charge is 1.98. The van der Waals surface area contributed by atoms with Gasteiger partial charge in [-0.3, -0.25) is 10.2 Å². The van der Waals surface area contributed by atoms with Gasteiger partial charge in [0.05, 0.1) is 0 Å². The molecule has 18 heavy (non-hydrogen) atoms. The molecular weight excluding hydrogens is 232 g/mol. The molecule has 0 radical (unpaired) electrons. The van der Waals surface area contributed by atoms with Gasteiger partial charge in [0.25, 0.3) is 5.91 Å². The first-order chi connectivity index (χ1) is 8.65. The van der Waals surface area contributed by atoms with E-state index in [1.807, 2.05) is 11.5 Å². The molecule has 0 aliphatic rings. The summed E-state index contributed by atoms with van der Waals surface area (Å²) in [4.78, 5) is 10.8. The molecule has 5 heteroatoms. The normalized spacial score (nSPS) is 8.94. The Kier molecular flexibility index (Phi) is 5.21. The Bertz CT molecular complexity index is 480. The number of hydrogen-bond acceptors (Lipinski definition) is 4. The molecule has 2 aromatic carbocycles. The van der Waals surface area contributed by atoms with Crippen LogP contribution in [0.15, 0.2) is 54.6 Å². The summed E-state index contributed by atoms with van der Waals surface area (Å²) in [6.45, 7) is 0. The van der Waals surface area contributed by atoms with Gasteiger partial charge < -0.3 is 10.2 Å². The number of rotatable bonds is 1. The molecule has 0 fully saturated rings. The Morgan fingerprint density at radius 2 is 1.33 bits per heavy atom. The molecule has 5 N–H and O–H groups in total. The van der Waals surface area contributed by atoms with Gasteiger partial charge in [-0.25, -0.2) is 5.84 Å². The minimum Gasteiger partial charge on any atom is -0.504 e. The molecule has 0 aliphatic heterocycles. The molecular formula is C13H14N2O3. The second-order valence-corrected chi connectivity index (χ2v) is 3.33. The quantitative estimate of drug-likeness (QED) is 0.264. The van der Waals surface area contributed by atoms with Crippen molar-refractivity contribution >= 4 is 5.91 Å². The van der Waals surface area contributed by atoms with E-state index >= 15 is 0 Å². The number of amides is 1. The lowest BCUT2D eigenvalue weighted by Crippen LogP contribution is -2.29. The highest BCUT2D eigenvalue weighted by atomic mass is 16.3. The molecule has 1 amide bonds. The standard InChI is InChI=1S/C7H8N2O.C6H6O2/c8-9-7(10)6-4-2-1-3-5-6;7-5-3-1-2-4-6(5)8/h1-5H,8H2,(H,9,10);1-4,7-8H. The van der Waals surface area contributed by atoms with Crippen LogP contribution in [0.4, 0.5) is 0 Å².